The molecule has 178 valence electrons. The SMILES string of the molecule is CCOC(=O)C1=C(C)Nc2nc(SCc3ccccc3F)nn2C1c1cccc(OC(C)C)c1. The minimum atomic E-state index is -0.554. The van der Waals surface area contributed by atoms with E-state index in [9.17, 15) is 9.18 Å². The summed E-state index contributed by atoms with van der Waals surface area (Å²) < 4.78 is 27.0. The Hall–Kier alpha value is -3.33. The van der Waals surface area contributed by atoms with Crippen molar-refractivity contribution in [2.45, 2.75) is 50.8 Å². The number of thioether (sulfide) groups is 1. The third-order valence-electron chi connectivity index (χ3n) is 5.19. The summed E-state index contributed by atoms with van der Waals surface area (Å²) in [6, 6.07) is 13.7. The van der Waals surface area contributed by atoms with Crippen LogP contribution in [0, 0.1) is 5.82 Å². The summed E-state index contributed by atoms with van der Waals surface area (Å²) in [5, 5.41) is 8.32. The van der Waals surface area contributed by atoms with E-state index in [2.05, 4.69) is 15.4 Å². The lowest BCUT2D eigenvalue weighted by molar-refractivity contribution is -0.139. The third kappa shape index (κ3) is 5.09. The highest BCUT2D eigenvalue weighted by Crippen LogP contribution is 2.38. The van der Waals surface area contributed by atoms with E-state index in [4.69, 9.17) is 9.47 Å². The van der Waals surface area contributed by atoms with Crippen molar-refractivity contribution in [3.05, 3.63) is 76.7 Å². The third-order valence-corrected chi connectivity index (χ3v) is 6.08. The second kappa shape index (κ2) is 10.3. The lowest BCUT2D eigenvalue weighted by Gasteiger charge is -2.28. The van der Waals surface area contributed by atoms with Gasteiger partial charge < -0.3 is 14.8 Å². The van der Waals surface area contributed by atoms with Crippen LogP contribution in [-0.2, 0) is 15.3 Å². The van der Waals surface area contributed by atoms with Crippen LogP contribution < -0.4 is 10.1 Å². The van der Waals surface area contributed by atoms with Gasteiger partial charge >= 0.3 is 5.97 Å². The number of carbonyl (C=O) groups is 1. The lowest BCUT2D eigenvalue weighted by atomic mass is 9.95. The van der Waals surface area contributed by atoms with Gasteiger partial charge in [0.05, 0.1) is 18.3 Å². The molecule has 0 radical (unpaired) electrons. The van der Waals surface area contributed by atoms with E-state index in [0.29, 0.717) is 39.4 Å². The molecule has 0 spiro atoms. The van der Waals surface area contributed by atoms with Crippen molar-refractivity contribution in [3.8, 4) is 5.75 Å². The topological polar surface area (TPSA) is 78.3 Å². The van der Waals surface area contributed by atoms with Crippen molar-refractivity contribution in [1.29, 1.82) is 0 Å². The molecule has 1 N–H and O–H groups in total. The molecule has 0 fully saturated rings. The van der Waals surface area contributed by atoms with Gasteiger partial charge in [-0.25, -0.2) is 13.9 Å². The molecule has 3 aromatic rings. The molecule has 0 aliphatic carbocycles. The number of esters is 1. The zero-order valence-corrected chi connectivity index (χ0v) is 20.4. The van der Waals surface area contributed by atoms with Crippen LogP contribution in [0.1, 0.15) is 44.9 Å². The summed E-state index contributed by atoms with van der Waals surface area (Å²) in [5.74, 6) is 0.897. The van der Waals surface area contributed by atoms with E-state index >= 15 is 0 Å². The average Bonchev–Trinajstić information content (AvgIpc) is 3.19. The van der Waals surface area contributed by atoms with Crippen LogP contribution in [0.15, 0.2) is 65.0 Å². The second-order valence-corrected chi connectivity index (χ2v) is 9.01. The van der Waals surface area contributed by atoms with E-state index in [1.165, 1.54) is 17.8 Å². The first-order chi connectivity index (χ1) is 16.4. The Morgan fingerprint density at radius 2 is 2.03 bits per heavy atom. The molecule has 0 bridgehead atoms. The van der Waals surface area contributed by atoms with Crippen LogP contribution in [-0.4, -0.2) is 33.4 Å². The molecule has 34 heavy (non-hydrogen) atoms. The van der Waals surface area contributed by atoms with Crippen molar-refractivity contribution in [2.75, 3.05) is 11.9 Å². The molecule has 1 aliphatic heterocycles. The van der Waals surface area contributed by atoms with Crippen LogP contribution in [0.4, 0.5) is 10.3 Å². The predicted octanol–water partition coefficient (Wildman–Crippen LogP) is 5.35. The summed E-state index contributed by atoms with van der Waals surface area (Å²) in [6.45, 7) is 7.76. The molecule has 2 heterocycles. The molecule has 7 nitrogen and oxygen atoms in total. The molecular weight excluding hydrogens is 455 g/mol. The van der Waals surface area contributed by atoms with Crippen LogP contribution in [0.5, 0.6) is 5.75 Å². The Labute approximate surface area is 202 Å². The number of aromatic nitrogens is 3. The monoisotopic (exact) mass is 482 g/mol. The minimum Gasteiger partial charge on any atom is -0.491 e. The highest BCUT2D eigenvalue weighted by atomic mass is 32.2. The lowest BCUT2D eigenvalue weighted by Crippen LogP contribution is -2.29. The van der Waals surface area contributed by atoms with Crippen molar-refractivity contribution < 1.29 is 18.7 Å². The van der Waals surface area contributed by atoms with Crippen molar-refractivity contribution in [3.63, 3.8) is 0 Å². The number of nitrogens with zero attached hydrogens (tertiary/aromatic N) is 3. The van der Waals surface area contributed by atoms with E-state index in [0.717, 1.165) is 5.56 Å². The number of anilines is 1. The average molecular weight is 483 g/mol. The van der Waals surface area contributed by atoms with E-state index in [1.54, 1.807) is 29.8 Å². The number of allylic oxidation sites excluding steroid dienone is 1. The molecule has 0 saturated heterocycles. The van der Waals surface area contributed by atoms with Gasteiger partial charge in [0.25, 0.3) is 0 Å². The van der Waals surface area contributed by atoms with Crippen molar-refractivity contribution in [1.82, 2.24) is 14.8 Å². The molecule has 2 aromatic carbocycles. The van der Waals surface area contributed by atoms with Gasteiger partial charge in [-0.3, -0.25) is 0 Å². The van der Waals surface area contributed by atoms with E-state index < -0.39 is 12.0 Å². The molecule has 9 heteroatoms. The van der Waals surface area contributed by atoms with Crippen molar-refractivity contribution >= 4 is 23.7 Å². The maximum absolute atomic E-state index is 14.1. The first-order valence-electron chi connectivity index (χ1n) is 11.1. The first kappa shape index (κ1) is 23.8. The molecule has 1 aliphatic rings. The summed E-state index contributed by atoms with van der Waals surface area (Å²) in [6.07, 6.45) is 0.00777. The molecule has 0 saturated carbocycles. The molecule has 1 unspecified atom stereocenters. The quantitative estimate of drug-likeness (QED) is 0.343. The Morgan fingerprint density at radius 1 is 1.24 bits per heavy atom. The Bertz CT molecular complexity index is 1220. The zero-order chi connectivity index (χ0) is 24.2. The normalized spacial score (nSPS) is 15.2. The second-order valence-electron chi connectivity index (χ2n) is 8.07. The first-order valence-corrected chi connectivity index (χ1v) is 12.1. The number of rotatable bonds is 8. The highest BCUT2D eigenvalue weighted by Gasteiger charge is 2.35. The summed E-state index contributed by atoms with van der Waals surface area (Å²) in [5.41, 5.74) is 2.49. The number of nitrogens with one attached hydrogen (secondary N) is 1. The number of benzene rings is 2. The Balaban J connectivity index is 1.71. The number of fused-ring (bicyclic) bond motifs is 1. The largest absolute Gasteiger partial charge is 0.491 e. The van der Waals surface area contributed by atoms with Gasteiger partial charge in [0.15, 0.2) is 0 Å². The highest BCUT2D eigenvalue weighted by molar-refractivity contribution is 7.98. The van der Waals surface area contributed by atoms with Crippen LogP contribution in [0.25, 0.3) is 0 Å². The Morgan fingerprint density at radius 3 is 2.76 bits per heavy atom. The maximum atomic E-state index is 14.1. The fraction of sp³-hybridized carbons (Fsp3) is 0.320. The number of ether oxygens (including phenoxy) is 2. The molecular formula is C25H27FN4O3S. The maximum Gasteiger partial charge on any atom is 0.338 e. The van der Waals surface area contributed by atoms with Gasteiger partial charge in [-0.15, -0.1) is 5.10 Å². The number of carbonyl (C=O) groups excluding carboxylic acids is 1. The molecule has 1 aromatic heterocycles. The predicted molar refractivity (Wildman–Crippen MR) is 129 cm³/mol. The Kier molecular flexibility index (Phi) is 7.21. The number of hydrogen-bond donors (Lipinski definition) is 1. The van der Waals surface area contributed by atoms with Gasteiger partial charge in [-0.05, 0) is 57.0 Å². The van der Waals surface area contributed by atoms with Gasteiger partial charge in [0.2, 0.25) is 11.1 Å². The van der Waals surface area contributed by atoms with Crippen LogP contribution in [0.3, 0.4) is 0 Å². The van der Waals surface area contributed by atoms with Gasteiger partial charge in [0, 0.05) is 11.4 Å². The molecule has 1 atom stereocenters. The molecule has 0 amide bonds. The number of halogens is 1. The standard InChI is InChI=1S/C25H27FN4O3S/c1-5-32-23(31)21-16(4)27-24-28-25(34-14-18-9-6-7-12-20(18)26)29-30(24)22(21)17-10-8-11-19(13-17)33-15(2)3/h6-13,15,22H,5,14H2,1-4H3,(H,27,28,29). The van der Waals surface area contributed by atoms with E-state index in [-0.39, 0.29) is 18.5 Å². The minimum absolute atomic E-state index is 0.00777. The van der Waals surface area contributed by atoms with Gasteiger partial charge in [-0.1, -0.05) is 42.1 Å². The zero-order valence-electron chi connectivity index (χ0n) is 19.5. The van der Waals surface area contributed by atoms with Crippen molar-refractivity contribution in [2.24, 2.45) is 0 Å². The summed E-state index contributed by atoms with van der Waals surface area (Å²) in [4.78, 5) is 17.6. The van der Waals surface area contributed by atoms with Crippen LogP contribution in [0.2, 0.25) is 0 Å². The summed E-state index contributed by atoms with van der Waals surface area (Å²) in [7, 11) is 0. The number of hydrogen-bond acceptors (Lipinski definition) is 7. The summed E-state index contributed by atoms with van der Waals surface area (Å²) >= 11 is 1.33. The smallest absolute Gasteiger partial charge is 0.338 e. The van der Waals surface area contributed by atoms with Crippen LogP contribution >= 0.6 is 11.8 Å². The fourth-order valence-corrected chi connectivity index (χ4v) is 4.58. The van der Waals surface area contributed by atoms with E-state index in [1.807, 2.05) is 45.0 Å². The van der Waals surface area contributed by atoms with Gasteiger partial charge in [-0.2, -0.15) is 4.98 Å². The van der Waals surface area contributed by atoms with Gasteiger partial charge in [0.1, 0.15) is 17.6 Å². The fourth-order valence-electron chi connectivity index (χ4n) is 3.76. The molecule has 4 rings (SSSR count).